The van der Waals surface area contributed by atoms with E-state index < -0.39 is 23.8 Å². The molecule has 0 spiro atoms. The van der Waals surface area contributed by atoms with Gasteiger partial charge in [0.2, 0.25) is 0 Å². The molecule has 0 fully saturated rings. The Hall–Kier alpha value is -3.20. The maximum Gasteiger partial charge on any atom is 0.305 e. The number of hydrogen-bond donors (Lipinski definition) is 3. The van der Waals surface area contributed by atoms with Crippen LogP contribution in [0.1, 0.15) is 38.7 Å². The second-order valence-electron chi connectivity index (χ2n) is 6.52. The third-order valence-electron chi connectivity index (χ3n) is 4.34. The van der Waals surface area contributed by atoms with Gasteiger partial charge in [-0.15, -0.1) is 0 Å². The molecule has 1 unspecified atom stereocenters. The van der Waals surface area contributed by atoms with E-state index in [1.165, 1.54) is 24.7 Å². The molecule has 8 nitrogen and oxygen atoms in total. The maximum atomic E-state index is 12.5. The highest BCUT2D eigenvalue weighted by Crippen LogP contribution is 2.25. The van der Waals surface area contributed by atoms with Gasteiger partial charge in [-0.1, -0.05) is 46.9 Å². The highest BCUT2D eigenvalue weighted by molar-refractivity contribution is 6.40. The number of nitrogens with one attached hydrogen (secondary N) is 2. The van der Waals surface area contributed by atoms with Crippen LogP contribution in [0.2, 0.25) is 15.2 Å². The van der Waals surface area contributed by atoms with Crippen LogP contribution in [0.5, 0.6) is 0 Å². The molecule has 3 rings (SSSR count). The Morgan fingerprint density at radius 3 is 2.22 bits per heavy atom. The first-order valence-corrected chi connectivity index (χ1v) is 10.2. The summed E-state index contributed by atoms with van der Waals surface area (Å²) >= 11 is 17.9. The average Bonchev–Trinajstić information content (AvgIpc) is 2.73. The van der Waals surface area contributed by atoms with Crippen molar-refractivity contribution in [3.8, 4) is 0 Å². The summed E-state index contributed by atoms with van der Waals surface area (Å²) in [5.41, 5.74) is 1.13. The van der Waals surface area contributed by atoms with Crippen molar-refractivity contribution in [3.63, 3.8) is 0 Å². The molecule has 0 saturated heterocycles. The molecule has 11 heteroatoms. The fraction of sp³-hybridized carbons (Fsp3) is 0.0952. The number of carboxylic acids is 1. The van der Waals surface area contributed by atoms with Gasteiger partial charge in [0.25, 0.3) is 11.8 Å². The lowest BCUT2D eigenvalue weighted by molar-refractivity contribution is -0.137. The van der Waals surface area contributed by atoms with Gasteiger partial charge in [-0.25, -0.2) is 4.98 Å². The van der Waals surface area contributed by atoms with Crippen LogP contribution in [0.3, 0.4) is 0 Å². The lowest BCUT2D eigenvalue weighted by Gasteiger charge is -2.18. The number of halogens is 3. The maximum absolute atomic E-state index is 12.5. The van der Waals surface area contributed by atoms with Crippen molar-refractivity contribution in [2.45, 2.75) is 12.5 Å². The fourth-order valence-electron chi connectivity index (χ4n) is 2.84. The number of carboxylic acid groups (broad SMARTS) is 1. The normalized spacial score (nSPS) is 11.5. The zero-order valence-electron chi connectivity index (χ0n) is 16.2. The summed E-state index contributed by atoms with van der Waals surface area (Å²) < 4.78 is 0. The predicted octanol–water partition coefficient (Wildman–Crippen LogP) is 4.63. The third kappa shape index (κ3) is 5.73. The fourth-order valence-corrected chi connectivity index (χ4v) is 3.58. The third-order valence-corrected chi connectivity index (χ3v) is 5.21. The first-order valence-electron chi connectivity index (χ1n) is 9.09. The first kappa shape index (κ1) is 23.5. The number of hydrogen-bond acceptors (Lipinski definition) is 5. The van der Waals surface area contributed by atoms with Crippen LogP contribution in [0.25, 0.3) is 0 Å². The van der Waals surface area contributed by atoms with E-state index in [0.717, 1.165) is 0 Å². The van der Waals surface area contributed by atoms with Crippen molar-refractivity contribution >= 4 is 58.3 Å². The van der Waals surface area contributed by atoms with Gasteiger partial charge in [0.1, 0.15) is 5.15 Å². The van der Waals surface area contributed by atoms with E-state index in [1.807, 2.05) is 0 Å². The van der Waals surface area contributed by atoms with Crippen molar-refractivity contribution in [2.75, 3.05) is 5.32 Å². The first-order chi connectivity index (χ1) is 15.3. The van der Waals surface area contributed by atoms with Gasteiger partial charge in [-0.3, -0.25) is 19.4 Å². The monoisotopic (exact) mass is 492 g/mol. The van der Waals surface area contributed by atoms with Crippen LogP contribution < -0.4 is 10.6 Å². The molecule has 0 aliphatic heterocycles. The number of pyridine rings is 2. The molecule has 2 heterocycles. The minimum atomic E-state index is -1.10. The van der Waals surface area contributed by atoms with Gasteiger partial charge >= 0.3 is 5.97 Å². The van der Waals surface area contributed by atoms with Gasteiger partial charge in [0.05, 0.1) is 33.6 Å². The summed E-state index contributed by atoms with van der Waals surface area (Å²) in [5, 5.41) is 14.8. The van der Waals surface area contributed by atoms with Gasteiger partial charge in [0, 0.05) is 24.3 Å². The van der Waals surface area contributed by atoms with Crippen molar-refractivity contribution in [3.05, 3.63) is 86.9 Å². The number of nitrogens with zero attached hydrogens (tertiary/aromatic N) is 2. The summed E-state index contributed by atoms with van der Waals surface area (Å²) in [5.74, 6) is -2.20. The summed E-state index contributed by atoms with van der Waals surface area (Å²) in [7, 11) is 0. The molecule has 0 radical (unpaired) electrons. The topological polar surface area (TPSA) is 121 Å². The molecule has 2 aromatic heterocycles. The molecule has 3 N–H and O–H groups in total. The van der Waals surface area contributed by atoms with Gasteiger partial charge in [-0.05, 0) is 29.8 Å². The van der Waals surface area contributed by atoms with Crippen molar-refractivity contribution < 1.29 is 19.5 Å². The van der Waals surface area contributed by atoms with Gasteiger partial charge in [-0.2, -0.15) is 0 Å². The van der Waals surface area contributed by atoms with Gasteiger partial charge < -0.3 is 15.7 Å². The number of anilines is 1. The summed E-state index contributed by atoms with van der Waals surface area (Å²) in [6.07, 6.45) is 3.68. The van der Waals surface area contributed by atoms with Crippen molar-refractivity contribution in [1.82, 2.24) is 15.3 Å². The second-order valence-corrected chi connectivity index (χ2v) is 7.69. The lowest BCUT2D eigenvalue weighted by atomic mass is 10.0. The van der Waals surface area contributed by atoms with Crippen LogP contribution in [-0.2, 0) is 4.79 Å². The quantitative estimate of drug-likeness (QED) is 0.412. The van der Waals surface area contributed by atoms with Crippen LogP contribution in [-0.4, -0.2) is 32.9 Å². The minimum Gasteiger partial charge on any atom is -0.481 e. The van der Waals surface area contributed by atoms with E-state index in [0.29, 0.717) is 11.3 Å². The van der Waals surface area contributed by atoms with E-state index in [9.17, 15) is 19.5 Å². The molecule has 164 valence electrons. The molecular formula is C21H15Cl3N4O4. The van der Waals surface area contributed by atoms with Crippen molar-refractivity contribution in [2.24, 2.45) is 0 Å². The van der Waals surface area contributed by atoms with E-state index in [4.69, 9.17) is 34.8 Å². The van der Waals surface area contributed by atoms with E-state index in [-0.39, 0.29) is 32.7 Å². The number of aliphatic carboxylic acids is 1. The molecule has 0 bridgehead atoms. The van der Waals surface area contributed by atoms with Crippen LogP contribution >= 0.6 is 34.8 Å². The SMILES string of the molecule is O=C(O)CC(NC(=O)c1cccnc1Cl)c1ccc(NC(=O)c2c(Cl)cncc2Cl)cc1. The number of rotatable bonds is 7. The zero-order chi connectivity index (χ0) is 23.3. The average molecular weight is 494 g/mol. The summed E-state index contributed by atoms with van der Waals surface area (Å²) in [4.78, 5) is 44.0. The molecule has 2 amide bonds. The lowest BCUT2D eigenvalue weighted by Crippen LogP contribution is -2.30. The Balaban J connectivity index is 1.77. The van der Waals surface area contributed by atoms with E-state index in [1.54, 1.807) is 30.3 Å². The number of aromatic nitrogens is 2. The largest absolute Gasteiger partial charge is 0.481 e. The standard InChI is InChI=1S/C21H15Cl3N4O4/c22-14-9-25-10-15(23)18(14)21(32)27-12-5-3-11(4-6-12)16(8-17(29)30)28-20(31)13-2-1-7-26-19(13)24/h1-7,9-10,16H,8H2,(H,27,32)(H,28,31)(H,29,30). The highest BCUT2D eigenvalue weighted by atomic mass is 35.5. The Morgan fingerprint density at radius 2 is 1.62 bits per heavy atom. The number of amides is 2. The van der Waals surface area contributed by atoms with E-state index >= 15 is 0 Å². The zero-order valence-corrected chi connectivity index (χ0v) is 18.4. The molecule has 1 aromatic carbocycles. The molecule has 0 saturated carbocycles. The summed E-state index contributed by atoms with van der Waals surface area (Å²) in [6, 6.07) is 8.49. The highest BCUT2D eigenvalue weighted by Gasteiger charge is 2.21. The minimum absolute atomic E-state index is 0.00516. The Bertz CT molecular complexity index is 1150. The van der Waals surface area contributed by atoms with Crippen LogP contribution in [0, 0.1) is 0 Å². The van der Waals surface area contributed by atoms with Gasteiger partial charge in [0.15, 0.2) is 0 Å². The molecule has 1 atom stereocenters. The molecule has 3 aromatic rings. The molecule has 0 aliphatic rings. The molecule has 0 aliphatic carbocycles. The Kier molecular flexibility index (Phi) is 7.63. The predicted molar refractivity (Wildman–Crippen MR) is 120 cm³/mol. The van der Waals surface area contributed by atoms with Crippen LogP contribution in [0.15, 0.2) is 55.0 Å². The van der Waals surface area contributed by atoms with Crippen molar-refractivity contribution in [1.29, 1.82) is 0 Å². The Labute approximate surface area is 197 Å². The molecule has 32 heavy (non-hydrogen) atoms. The number of benzene rings is 1. The second kappa shape index (κ2) is 10.4. The number of carbonyl (C=O) groups excluding carboxylic acids is 2. The van der Waals surface area contributed by atoms with E-state index in [2.05, 4.69) is 20.6 Å². The molecular weight excluding hydrogens is 479 g/mol. The summed E-state index contributed by atoms with van der Waals surface area (Å²) in [6.45, 7) is 0. The number of carbonyl (C=O) groups is 3. The van der Waals surface area contributed by atoms with Crippen LogP contribution in [0.4, 0.5) is 5.69 Å². The smallest absolute Gasteiger partial charge is 0.305 e. The Morgan fingerprint density at radius 1 is 0.969 bits per heavy atom.